The molecule has 0 aliphatic carbocycles. The Kier molecular flexibility index (Phi) is 4.74. The number of nitrogens with zero attached hydrogens (tertiary/aromatic N) is 1. The number of hydrogen-bond donors (Lipinski definition) is 0. The Hall–Kier alpha value is -1.70. The fourth-order valence-electron chi connectivity index (χ4n) is 3.29. The molecule has 0 bridgehead atoms. The average Bonchev–Trinajstić information content (AvgIpc) is 2.79. The topological polar surface area (TPSA) is 72.9 Å². The lowest BCUT2D eigenvalue weighted by atomic mass is 9.91. The number of morpholine rings is 1. The molecule has 25 heavy (non-hydrogen) atoms. The molecule has 1 aromatic carbocycles. The van der Waals surface area contributed by atoms with Crippen LogP contribution in [0.5, 0.6) is 0 Å². The summed E-state index contributed by atoms with van der Waals surface area (Å²) in [6.45, 7) is 7.02. The van der Waals surface area contributed by atoms with E-state index in [1.165, 1.54) is 12.3 Å². The van der Waals surface area contributed by atoms with Crippen molar-refractivity contribution in [3.8, 4) is 0 Å². The molecule has 2 aliphatic rings. The highest BCUT2D eigenvalue weighted by molar-refractivity contribution is 7.90. The molecular formula is C18H23NO5S. The molecule has 0 radical (unpaired) electrons. The van der Waals surface area contributed by atoms with Crippen molar-refractivity contribution in [1.29, 1.82) is 0 Å². The van der Waals surface area contributed by atoms with Crippen LogP contribution in [0.25, 0.3) is 5.57 Å². The summed E-state index contributed by atoms with van der Waals surface area (Å²) in [6, 6.07) is 5.23. The Balaban J connectivity index is 2.01. The van der Waals surface area contributed by atoms with Crippen LogP contribution in [0.3, 0.4) is 0 Å². The van der Waals surface area contributed by atoms with Gasteiger partial charge in [0.25, 0.3) is 0 Å². The first-order valence-corrected chi connectivity index (χ1v) is 10.1. The van der Waals surface area contributed by atoms with Gasteiger partial charge in [-0.2, -0.15) is 0 Å². The first kappa shape index (κ1) is 18.1. The minimum absolute atomic E-state index is 0.325. The van der Waals surface area contributed by atoms with Crippen LogP contribution in [0.15, 0.2) is 29.2 Å². The van der Waals surface area contributed by atoms with Gasteiger partial charge in [0.05, 0.1) is 18.1 Å². The summed E-state index contributed by atoms with van der Waals surface area (Å²) in [5.74, 6) is -0.373. The van der Waals surface area contributed by atoms with Crippen LogP contribution in [-0.4, -0.2) is 57.4 Å². The lowest BCUT2D eigenvalue weighted by molar-refractivity contribution is -0.142. The molecule has 0 amide bonds. The summed E-state index contributed by atoms with van der Waals surface area (Å²) in [7, 11) is -3.34. The zero-order chi connectivity index (χ0) is 18.2. The summed E-state index contributed by atoms with van der Waals surface area (Å²) in [5, 5.41) is 0. The maximum absolute atomic E-state index is 12.2. The third-order valence-electron chi connectivity index (χ3n) is 4.54. The van der Waals surface area contributed by atoms with E-state index in [1.54, 1.807) is 12.1 Å². The van der Waals surface area contributed by atoms with Crippen molar-refractivity contribution in [3.05, 3.63) is 35.4 Å². The van der Waals surface area contributed by atoms with Crippen LogP contribution in [0.1, 0.15) is 25.0 Å². The van der Waals surface area contributed by atoms with Crippen LogP contribution < -0.4 is 0 Å². The molecule has 0 unspecified atom stereocenters. The average molecular weight is 365 g/mol. The van der Waals surface area contributed by atoms with Gasteiger partial charge in [0, 0.05) is 37.5 Å². The fraction of sp³-hybridized carbons (Fsp3) is 0.500. The SMILES string of the molecule is CC1(C)OC(=O)C=C1c1ccc(S(C)(=O)=O)c(CN2CCOCC2)c1. The van der Waals surface area contributed by atoms with E-state index in [4.69, 9.17) is 9.47 Å². The first-order chi connectivity index (χ1) is 11.7. The van der Waals surface area contributed by atoms with Gasteiger partial charge in [0.2, 0.25) is 0 Å². The zero-order valence-corrected chi connectivity index (χ0v) is 15.6. The highest BCUT2D eigenvalue weighted by Crippen LogP contribution is 2.36. The minimum atomic E-state index is -3.34. The summed E-state index contributed by atoms with van der Waals surface area (Å²) in [6.07, 6.45) is 2.70. The van der Waals surface area contributed by atoms with E-state index in [-0.39, 0.29) is 5.97 Å². The molecule has 0 N–H and O–H groups in total. The van der Waals surface area contributed by atoms with Gasteiger partial charge in [-0.25, -0.2) is 13.2 Å². The van der Waals surface area contributed by atoms with E-state index in [2.05, 4.69) is 4.90 Å². The second-order valence-corrected chi connectivity index (χ2v) is 8.96. The number of carbonyl (C=O) groups is 1. The number of cyclic esters (lactones) is 1. The van der Waals surface area contributed by atoms with Gasteiger partial charge in [-0.3, -0.25) is 4.90 Å². The van der Waals surface area contributed by atoms with Gasteiger partial charge in [-0.05, 0) is 37.1 Å². The third-order valence-corrected chi connectivity index (χ3v) is 5.73. The molecule has 2 heterocycles. The van der Waals surface area contributed by atoms with E-state index in [1.807, 2.05) is 19.9 Å². The molecule has 1 aromatic rings. The Morgan fingerprint density at radius 2 is 1.88 bits per heavy atom. The second-order valence-electron chi connectivity index (χ2n) is 6.97. The predicted molar refractivity (Wildman–Crippen MR) is 93.8 cm³/mol. The number of carbonyl (C=O) groups excluding carboxylic acids is 1. The van der Waals surface area contributed by atoms with E-state index in [0.29, 0.717) is 24.7 Å². The number of sulfone groups is 1. The summed E-state index contributed by atoms with van der Waals surface area (Å²) < 4.78 is 35.0. The quantitative estimate of drug-likeness (QED) is 0.756. The van der Waals surface area contributed by atoms with Gasteiger partial charge in [0.15, 0.2) is 9.84 Å². The van der Waals surface area contributed by atoms with Gasteiger partial charge < -0.3 is 9.47 Å². The highest BCUT2D eigenvalue weighted by atomic mass is 32.2. The Morgan fingerprint density at radius 3 is 2.44 bits per heavy atom. The van der Waals surface area contributed by atoms with Crippen molar-refractivity contribution in [1.82, 2.24) is 4.90 Å². The summed E-state index contributed by atoms with van der Waals surface area (Å²) >= 11 is 0. The molecule has 2 aliphatic heterocycles. The standard InChI is InChI=1S/C18H23NO5S/c1-18(2)15(11-17(20)24-18)13-4-5-16(25(3,21)22)14(10-13)12-19-6-8-23-9-7-19/h4-5,10-11H,6-9,12H2,1-3H3. The Labute approximate surface area is 148 Å². The fourth-order valence-corrected chi connectivity index (χ4v) is 4.21. The smallest absolute Gasteiger partial charge is 0.332 e. The minimum Gasteiger partial charge on any atom is -0.452 e. The van der Waals surface area contributed by atoms with Gasteiger partial charge in [0.1, 0.15) is 5.60 Å². The monoisotopic (exact) mass is 365 g/mol. The lowest BCUT2D eigenvalue weighted by Crippen LogP contribution is -2.36. The normalized spacial score (nSPS) is 21.1. The highest BCUT2D eigenvalue weighted by Gasteiger charge is 2.35. The molecular weight excluding hydrogens is 342 g/mol. The Bertz CT molecular complexity index is 820. The molecule has 0 atom stereocenters. The van der Waals surface area contributed by atoms with Crippen LogP contribution in [0.4, 0.5) is 0 Å². The lowest BCUT2D eigenvalue weighted by Gasteiger charge is -2.28. The molecule has 0 saturated carbocycles. The number of ether oxygens (including phenoxy) is 2. The molecule has 136 valence electrons. The molecule has 6 nitrogen and oxygen atoms in total. The van der Waals surface area contributed by atoms with Crippen molar-refractivity contribution in [3.63, 3.8) is 0 Å². The molecule has 7 heteroatoms. The maximum Gasteiger partial charge on any atom is 0.332 e. The van der Waals surface area contributed by atoms with Gasteiger partial charge in [-0.1, -0.05) is 6.07 Å². The van der Waals surface area contributed by atoms with Crippen molar-refractivity contribution in [2.75, 3.05) is 32.6 Å². The number of hydrogen-bond acceptors (Lipinski definition) is 6. The van der Waals surface area contributed by atoms with E-state index >= 15 is 0 Å². The van der Waals surface area contributed by atoms with E-state index in [0.717, 1.165) is 29.8 Å². The molecule has 3 rings (SSSR count). The summed E-state index contributed by atoms with van der Waals surface area (Å²) in [4.78, 5) is 14.2. The largest absolute Gasteiger partial charge is 0.452 e. The molecule has 1 saturated heterocycles. The van der Waals surface area contributed by atoms with Gasteiger partial charge in [-0.15, -0.1) is 0 Å². The predicted octanol–water partition coefficient (Wildman–Crippen LogP) is 1.64. The zero-order valence-electron chi connectivity index (χ0n) is 14.7. The second kappa shape index (κ2) is 6.55. The maximum atomic E-state index is 12.2. The van der Waals surface area contributed by atoms with E-state index in [9.17, 15) is 13.2 Å². The van der Waals surface area contributed by atoms with Gasteiger partial charge >= 0.3 is 5.97 Å². The summed E-state index contributed by atoms with van der Waals surface area (Å²) in [5.41, 5.74) is 1.59. The number of rotatable bonds is 4. The number of benzene rings is 1. The Morgan fingerprint density at radius 1 is 1.20 bits per heavy atom. The van der Waals surface area contributed by atoms with Crippen LogP contribution in [-0.2, 0) is 30.7 Å². The first-order valence-electron chi connectivity index (χ1n) is 8.25. The van der Waals surface area contributed by atoms with Crippen LogP contribution in [0, 0.1) is 0 Å². The molecule has 0 aromatic heterocycles. The van der Waals surface area contributed by atoms with Crippen LogP contribution in [0.2, 0.25) is 0 Å². The van der Waals surface area contributed by atoms with Crippen molar-refractivity contribution >= 4 is 21.4 Å². The van der Waals surface area contributed by atoms with E-state index < -0.39 is 15.4 Å². The van der Waals surface area contributed by atoms with Crippen LogP contribution >= 0.6 is 0 Å². The molecule has 1 fully saturated rings. The van der Waals surface area contributed by atoms with Crippen molar-refractivity contribution in [2.45, 2.75) is 30.9 Å². The van der Waals surface area contributed by atoms with Crippen molar-refractivity contribution in [2.24, 2.45) is 0 Å². The number of esters is 1. The van der Waals surface area contributed by atoms with Crippen molar-refractivity contribution < 1.29 is 22.7 Å². The third kappa shape index (κ3) is 3.94. The molecule has 0 spiro atoms.